The lowest BCUT2D eigenvalue weighted by atomic mass is 9.77. The van der Waals surface area contributed by atoms with Gasteiger partial charge in [0.15, 0.2) is 5.71 Å². The molecule has 22 nitrogen and oxygen atoms in total. The zero-order chi connectivity index (χ0) is 51.0. The van der Waals surface area contributed by atoms with Gasteiger partial charge < -0.3 is 10.0 Å². The van der Waals surface area contributed by atoms with Gasteiger partial charge in [-0.25, -0.2) is 4.79 Å². The van der Waals surface area contributed by atoms with Crippen LogP contribution in [0.3, 0.4) is 0 Å². The third kappa shape index (κ3) is 11.1. The summed E-state index contributed by atoms with van der Waals surface area (Å²) in [5.74, 6) is -3.67. The SMILES string of the molecule is CC1(C)C(/C=C/C=C/C=C2/N(CCCS(=O)(=O)O)c3c(cc(S(=O)(=O)O)c4sc(C(=O)O)cc34)C2(C)CCCS(=O)(=O)O)=[N+](CCCS(=O)(=O)O)c2cc(S(=O)(=O)O)c3sc(S(=O)(=O)O)cc3c21. The summed E-state index contributed by atoms with van der Waals surface area (Å²) in [5, 5.41) is 9.94. The maximum absolute atomic E-state index is 12.8. The van der Waals surface area contributed by atoms with Crippen LogP contribution in [0.15, 0.2) is 74.3 Å². The number of carboxylic acids is 1. The maximum atomic E-state index is 12.8. The van der Waals surface area contributed by atoms with E-state index in [1.807, 2.05) is 0 Å². The van der Waals surface area contributed by atoms with Crippen molar-refractivity contribution in [2.45, 2.75) is 71.3 Å². The molecule has 1 unspecified atom stereocenters. The van der Waals surface area contributed by atoms with Gasteiger partial charge in [-0.3, -0.25) is 27.3 Å². The first-order valence-corrected chi connectivity index (χ1v) is 30.4. The van der Waals surface area contributed by atoms with Crippen LogP contribution in [0.5, 0.6) is 0 Å². The number of aromatic carboxylic acids is 1. The topological polar surface area (TPSA) is 370 Å². The Hall–Kier alpha value is -4.02. The van der Waals surface area contributed by atoms with Gasteiger partial charge in [0.1, 0.15) is 25.4 Å². The Bertz CT molecular complexity index is 3620. The zero-order valence-corrected chi connectivity index (χ0v) is 42.2. The van der Waals surface area contributed by atoms with Crippen LogP contribution in [-0.4, -0.2) is 130 Å². The minimum atomic E-state index is -5.06. The van der Waals surface area contributed by atoms with Crippen LogP contribution in [0.4, 0.5) is 11.4 Å². The fourth-order valence-corrected chi connectivity index (χ4v) is 15.0. The van der Waals surface area contributed by atoms with E-state index in [4.69, 9.17) is 0 Å². The fraction of sp³-hybridized carbons (Fsp3) is 0.368. The van der Waals surface area contributed by atoms with Crippen molar-refractivity contribution in [3.8, 4) is 0 Å². The first-order valence-electron chi connectivity index (χ1n) is 19.7. The number of carbonyl (C=O) groups is 1. The van der Waals surface area contributed by atoms with Crippen LogP contribution >= 0.6 is 22.7 Å². The van der Waals surface area contributed by atoms with E-state index in [-0.39, 0.29) is 86.5 Å². The van der Waals surface area contributed by atoms with E-state index in [2.05, 4.69) is 0 Å². The molecule has 4 aromatic rings. The van der Waals surface area contributed by atoms with Crippen molar-refractivity contribution in [1.29, 1.82) is 0 Å². The van der Waals surface area contributed by atoms with E-state index in [1.54, 1.807) is 25.7 Å². The molecule has 2 aliphatic heterocycles. The highest BCUT2D eigenvalue weighted by Crippen LogP contribution is 2.56. The molecule has 7 N–H and O–H groups in total. The molecule has 0 amide bonds. The summed E-state index contributed by atoms with van der Waals surface area (Å²) in [6, 6.07) is 4.38. The molecule has 2 aromatic carbocycles. The summed E-state index contributed by atoms with van der Waals surface area (Å²) in [6.07, 6.45) is 6.63. The van der Waals surface area contributed by atoms with Gasteiger partial charge >= 0.3 is 16.1 Å². The highest BCUT2D eigenvalue weighted by atomic mass is 32.3. The molecule has 0 fully saturated rings. The molecule has 0 saturated heterocycles. The number of carboxylic acid groups (broad SMARTS) is 1. The molecule has 0 radical (unpaired) electrons. The Balaban J connectivity index is 1.55. The van der Waals surface area contributed by atoms with Gasteiger partial charge in [0.25, 0.3) is 50.6 Å². The molecule has 0 saturated carbocycles. The third-order valence-corrected chi connectivity index (χ3v) is 19.5. The summed E-state index contributed by atoms with van der Waals surface area (Å²) in [7, 11) is -28.6. The Kier molecular flexibility index (Phi) is 14.4. The number of anilines is 1. The Morgan fingerprint density at radius 2 is 1.24 bits per heavy atom. The minimum absolute atomic E-state index is 0.0202. The molecule has 6 rings (SSSR count). The molecule has 0 aliphatic carbocycles. The van der Waals surface area contributed by atoms with E-state index in [0.29, 0.717) is 33.9 Å². The van der Waals surface area contributed by atoms with Crippen LogP contribution < -0.4 is 4.90 Å². The lowest BCUT2D eigenvalue weighted by molar-refractivity contribution is -0.437. The lowest BCUT2D eigenvalue weighted by Crippen LogP contribution is -2.30. The van der Waals surface area contributed by atoms with Crippen LogP contribution in [0, 0.1) is 0 Å². The minimum Gasteiger partial charge on any atom is -0.477 e. The predicted octanol–water partition coefficient (Wildman–Crippen LogP) is 4.93. The molecule has 30 heteroatoms. The molecular weight excluding hydrogens is 1060 g/mol. The van der Waals surface area contributed by atoms with E-state index >= 15 is 0 Å². The van der Waals surface area contributed by atoms with E-state index < -0.39 is 109 Å². The van der Waals surface area contributed by atoms with Gasteiger partial charge in [0.05, 0.1) is 37.8 Å². The van der Waals surface area contributed by atoms with Crippen LogP contribution in [0.2, 0.25) is 0 Å². The molecule has 4 heterocycles. The van der Waals surface area contributed by atoms with Crippen molar-refractivity contribution in [2.75, 3.05) is 35.2 Å². The standard InChI is InChI=1S/C38H42N2O20S8/c1-37(2)29(39(13-8-16-64(46,47)48)25-21-28(67(55,56)57)34-22(32(25)37)19-31(62-34)68(58,59)60)10-5-4-6-11-30-38(3,12-7-15-63(43,44)45)24-20-27(66(52,53)54)35-23(18-26(61-35)36(41)42)33(24)40(30)14-9-17-65(49,50)51/h4-6,10-11,18-21H,7-9,12-17H2,1-3H3,(H6-,41,42,43,44,45,46,47,48,49,50,51,52,53,54,55,56,57,58,59,60)/p+1. The number of hydrogen-bond acceptors (Lipinski definition) is 16. The molecule has 0 spiro atoms. The van der Waals surface area contributed by atoms with Crippen molar-refractivity contribution in [3.05, 3.63) is 76.3 Å². The number of rotatable bonds is 19. The molecule has 2 aliphatic rings. The largest absolute Gasteiger partial charge is 0.477 e. The predicted molar refractivity (Wildman–Crippen MR) is 252 cm³/mol. The van der Waals surface area contributed by atoms with Gasteiger partial charge in [0, 0.05) is 52.6 Å². The van der Waals surface area contributed by atoms with Crippen molar-refractivity contribution in [2.24, 2.45) is 0 Å². The number of allylic oxidation sites excluding steroid dienone is 6. The number of nitrogens with zero attached hydrogens (tertiary/aromatic N) is 2. The fourth-order valence-electron chi connectivity index (χ4n) is 8.73. The maximum Gasteiger partial charge on any atom is 0.345 e. The molecule has 0 bridgehead atoms. The van der Waals surface area contributed by atoms with E-state index in [9.17, 15) is 87.7 Å². The first kappa shape index (κ1) is 53.3. The van der Waals surface area contributed by atoms with Crippen molar-refractivity contribution < 1.29 is 92.3 Å². The van der Waals surface area contributed by atoms with Gasteiger partial charge in [-0.05, 0) is 69.9 Å². The monoisotopic (exact) mass is 1100 g/mol. The zero-order valence-electron chi connectivity index (χ0n) is 35.7. The molecule has 2 aromatic heterocycles. The normalized spacial score (nSPS) is 18.8. The van der Waals surface area contributed by atoms with E-state index in [0.717, 1.165) is 18.2 Å². The van der Waals surface area contributed by atoms with Crippen molar-refractivity contribution >= 4 is 127 Å². The van der Waals surface area contributed by atoms with Crippen molar-refractivity contribution in [3.63, 3.8) is 0 Å². The second-order valence-corrected chi connectivity index (χ2v) is 27.8. The van der Waals surface area contributed by atoms with Gasteiger partial charge in [-0.1, -0.05) is 18.2 Å². The summed E-state index contributed by atoms with van der Waals surface area (Å²) in [6.45, 7) is 4.55. The van der Waals surface area contributed by atoms with Gasteiger partial charge in [-0.15, -0.1) is 22.7 Å². The van der Waals surface area contributed by atoms with Crippen LogP contribution in [0.25, 0.3) is 20.2 Å². The summed E-state index contributed by atoms with van der Waals surface area (Å²) in [4.78, 5) is 12.0. The lowest BCUT2D eigenvalue weighted by Gasteiger charge is -2.30. The number of thiophene rings is 2. The summed E-state index contributed by atoms with van der Waals surface area (Å²) < 4.78 is 206. The highest BCUT2D eigenvalue weighted by Gasteiger charge is 2.48. The van der Waals surface area contributed by atoms with Gasteiger partial charge in [0.2, 0.25) is 5.69 Å². The Morgan fingerprint density at radius 1 is 0.676 bits per heavy atom. The molecule has 372 valence electrons. The Labute approximate surface area is 399 Å². The van der Waals surface area contributed by atoms with E-state index in [1.165, 1.54) is 41.0 Å². The molecular formula is C38H43N2O20S8+. The van der Waals surface area contributed by atoms with Crippen molar-refractivity contribution in [1.82, 2.24) is 0 Å². The quantitative estimate of drug-likeness (QED) is 0.0372. The number of fused-ring (bicyclic) bond motifs is 6. The highest BCUT2D eigenvalue weighted by molar-refractivity contribution is 7.89. The average molecular weight is 1100 g/mol. The molecule has 1 atom stereocenters. The summed E-state index contributed by atoms with van der Waals surface area (Å²) >= 11 is 0.924. The smallest absolute Gasteiger partial charge is 0.345 e. The second-order valence-electron chi connectivity index (χ2n) is 16.5. The third-order valence-electron chi connectivity index (χ3n) is 11.4. The van der Waals surface area contributed by atoms with Crippen LogP contribution in [0.1, 0.15) is 67.3 Å². The average Bonchev–Trinajstić information content (AvgIpc) is 3.90. The number of hydrogen-bond donors (Lipinski definition) is 7. The molecule has 68 heavy (non-hydrogen) atoms. The summed E-state index contributed by atoms with van der Waals surface area (Å²) in [5.41, 5.74) is -1.21. The first-order chi connectivity index (χ1) is 31.0. The van der Waals surface area contributed by atoms with Gasteiger partial charge in [-0.2, -0.15) is 55.1 Å². The Morgan fingerprint density at radius 3 is 1.79 bits per heavy atom. The van der Waals surface area contributed by atoms with Crippen LogP contribution in [-0.2, 0) is 71.5 Å². The number of benzene rings is 2. The second kappa shape index (κ2) is 18.3.